The Morgan fingerprint density at radius 3 is 3.06 bits per heavy atom. The van der Waals surface area contributed by atoms with E-state index in [-0.39, 0.29) is 17.7 Å². The number of amides is 1. The van der Waals surface area contributed by atoms with Gasteiger partial charge in [0.1, 0.15) is 5.75 Å². The number of carbonyl (C=O) groups is 1. The number of carbonyl (C=O) groups excluding carboxylic acids is 1. The fraction of sp³-hybridized carbons (Fsp3) is 0.462. The van der Waals surface area contributed by atoms with Gasteiger partial charge in [0, 0.05) is 13.7 Å². The Hall–Kier alpha value is -1.55. The van der Waals surface area contributed by atoms with E-state index in [9.17, 15) is 9.90 Å². The number of hydrogen-bond acceptors (Lipinski definition) is 3. The van der Waals surface area contributed by atoms with E-state index in [0.29, 0.717) is 13.0 Å². The Morgan fingerprint density at radius 1 is 1.59 bits per heavy atom. The van der Waals surface area contributed by atoms with Crippen LogP contribution in [0.3, 0.4) is 0 Å². The minimum atomic E-state index is 0.0612. The molecule has 4 heteroatoms. The number of nitrogens with zero attached hydrogens (tertiary/aromatic N) is 1. The molecule has 1 fully saturated rings. The molecule has 1 amide bonds. The van der Waals surface area contributed by atoms with E-state index in [2.05, 4.69) is 0 Å². The number of ether oxygens (including phenoxy) is 1. The molecule has 92 valence electrons. The predicted molar refractivity (Wildman–Crippen MR) is 63.8 cm³/mol. The van der Waals surface area contributed by atoms with Crippen LogP contribution in [0, 0.1) is 0 Å². The zero-order chi connectivity index (χ0) is 12.3. The summed E-state index contributed by atoms with van der Waals surface area (Å²) in [5, 5.41) is 9.33. The molecule has 1 atom stereocenters. The zero-order valence-electron chi connectivity index (χ0n) is 9.93. The molecule has 1 heterocycles. The Morgan fingerprint density at radius 2 is 2.41 bits per heavy atom. The smallest absolute Gasteiger partial charge is 0.227 e. The SMILES string of the molecule is CN(C(=O)Cc1cccc(O)c1)C1CCOC1. The van der Waals surface area contributed by atoms with Gasteiger partial charge in [0.2, 0.25) is 5.91 Å². The van der Waals surface area contributed by atoms with Crippen LogP contribution in [0.2, 0.25) is 0 Å². The first kappa shape index (κ1) is 11.9. The first-order valence-electron chi connectivity index (χ1n) is 5.78. The molecule has 1 saturated heterocycles. The molecule has 17 heavy (non-hydrogen) atoms. The van der Waals surface area contributed by atoms with Crippen molar-refractivity contribution in [2.24, 2.45) is 0 Å². The number of rotatable bonds is 3. The van der Waals surface area contributed by atoms with E-state index in [1.807, 2.05) is 13.1 Å². The van der Waals surface area contributed by atoms with Crippen molar-refractivity contribution in [1.82, 2.24) is 4.90 Å². The van der Waals surface area contributed by atoms with Crippen LogP contribution in [0.4, 0.5) is 0 Å². The summed E-state index contributed by atoms with van der Waals surface area (Å²) in [5.41, 5.74) is 0.834. The van der Waals surface area contributed by atoms with E-state index in [1.165, 1.54) is 0 Å². The van der Waals surface area contributed by atoms with Crippen LogP contribution in [-0.2, 0) is 16.0 Å². The van der Waals surface area contributed by atoms with Gasteiger partial charge in [-0.2, -0.15) is 0 Å². The highest BCUT2D eigenvalue weighted by Gasteiger charge is 2.23. The van der Waals surface area contributed by atoms with Crippen molar-refractivity contribution < 1.29 is 14.6 Å². The maximum absolute atomic E-state index is 12.0. The number of phenolic OH excluding ortho intramolecular Hbond substituents is 1. The minimum Gasteiger partial charge on any atom is -0.508 e. The van der Waals surface area contributed by atoms with Crippen molar-refractivity contribution >= 4 is 5.91 Å². The lowest BCUT2D eigenvalue weighted by Gasteiger charge is -2.23. The molecule has 1 aromatic carbocycles. The van der Waals surface area contributed by atoms with Crippen LogP contribution in [0.25, 0.3) is 0 Å². The quantitative estimate of drug-likeness (QED) is 0.856. The van der Waals surface area contributed by atoms with E-state index < -0.39 is 0 Å². The molecule has 1 aromatic rings. The summed E-state index contributed by atoms with van der Waals surface area (Å²) >= 11 is 0. The summed E-state index contributed by atoms with van der Waals surface area (Å²) in [6.07, 6.45) is 1.23. The van der Waals surface area contributed by atoms with Gasteiger partial charge in [-0.05, 0) is 24.1 Å². The molecule has 1 unspecified atom stereocenters. The number of aromatic hydroxyl groups is 1. The molecule has 1 N–H and O–H groups in total. The molecule has 0 bridgehead atoms. The van der Waals surface area contributed by atoms with Crippen molar-refractivity contribution in [2.45, 2.75) is 18.9 Å². The lowest BCUT2D eigenvalue weighted by molar-refractivity contribution is -0.131. The van der Waals surface area contributed by atoms with Gasteiger partial charge >= 0.3 is 0 Å². The van der Waals surface area contributed by atoms with Gasteiger partial charge in [-0.1, -0.05) is 12.1 Å². The fourth-order valence-corrected chi connectivity index (χ4v) is 2.00. The highest BCUT2D eigenvalue weighted by Crippen LogP contribution is 2.15. The van der Waals surface area contributed by atoms with Crippen LogP contribution in [0.1, 0.15) is 12.0 Å². The number of benzene rings is 1. The summed E-state index contributed by atoms with van der Waals surface area (Å²) in [7, 11) is 1.81. The van der Waals surface area contributed by atoms with Crippen molar-refractivity contribution in [1.29, 1.82) is 0 Å². The summed E-state index contributed by atoms with van der Waals surface area (Å²) in [6.45, 7) is 1.36. The van der Waals surface area contributed by atoms with Crippen LogP contribution in [-0.4, -0.2) is 42.2 Å². The second kappa shape index (κ2) is 5.19. The Kier molecular flexibility index (Phi) is 3.64. The van der Waals surface area contributed by atoms with Gasteiger partial charge < -0.3 is 14.7 Å². The maximum atomic E-state index is 12.0. The zero-order valence-corrected chi connectivity index (χ0v) is 9.93. The minimum absolute atomic E-state index is 0.0612. The third kappa shape index (κ3) is 2.97. The van der Waals surface area contributed by atoms with Gasteiger partial charge in [-0.3, -0.25) is 4.79 Å². The molecule has 1 aliphatic rings. The van der Waals surface area contributed by atoms with Crippen molar-refractivity contribution in [2.75, 3.05) is 20.3 Å². The molecule has 0 aromatic heterocycles. The van der Waals surface area contributed by atoms with Crippen LogP contribution >= 0.6 is 0 Å². The topological polar surface area (TPSA) is 49.8 Å². The van der Waals surface area contributed by atoms with Gasteiger partial charge in [-0.15, -0.1) is 0 Å². The van der Waals surface area contributed by atoms with Crippen molar-refractivity contribution in [3.63, 3.8) is 0 Å². The first-order valence-corrected chi connectivity index (χ1v) is 5.78. The largest absolute Gasteiger partial charge is 0.508 e. The molecule has 0 radical (unpaired) electrons. The Bertz CT molecular complexity index is 399. The van der Waals surface area contributed by atoms with Crippen molar-refractivity contribution in [3.8, 4) is 5.75 Å². The summed E-state index contributed by atoms with van der Waals surface area (Å²) in [4.78, 5) is 13.7. The summed E-state index contributed by atoms with van der Waals surface area (Å²) in [5.74, 6) is 0.258. The lowest BCUT2D eigenvalue weighted by Crippen LogP contribution is -2.38. The number of phenols is 1. The van der Waals surface area contributed by atoms with Crippen LogP contribution in [0.5, 0.6) is 5.75 Å². The van der Waals surface area contributed by atoms with E-state index in [1.54, 1.807) is 23.1 Å². The monoisotopic (exact) mass is 235 g/mol. The maximum Gasteiger partial charge on any atom is 0.227 e. The summed E-state index contributed by atoms with van der Waals surface area (Å²) in [6, 6.07) is 7.01. The normalized spacial score (nSPS) is 19.2. The third-order valence-electron chi connectivity index (χ3n) is 3.11. The number of hydrogen-bond donors (Lipinski definition) is 1. The molecular formula is C13H17NO3. The lowest BCUT2D eigenvalue weighted by atomic mass is 10.1. The van der Waals surface area contributed by atoms with Gasteiger partial charge in [0.15, 0.2) is 0 Å². The van der Waals surface area contributed by atoms with Gasteiger partial charge in [0.05, 0.1) is 19.1 Å². The average Bonchev–Trinajstić information content (AvgIpc) is 2.81. The first-order chi connectivity index (χ1) is 8.16. The van der Waals surface area contributed by atoms with Gasteiger partial charge in [0.25, 0.3) is 0 Å². The van der Waals surface area contributed by atoms with Crippen LogP contribution < -0.4 is 0 Å². The molecule has 0 aliphatic carbocycles. The molecule has 1 aliphatic heterocycles. The highest BCUT2D eigenvalue weighted by molar-refractivity contribution is 5.79. The van der Waals surface area contributed by atoms with Crippen molar-refractivity contribution in [3.05, 3.63) is 29.8 Å². The van der Waals surface area contributed by atoms with Crippen LogP contribution in [0.15, 0.2) is 24.3 Å². The molecular weight excluding hydrogens is 218 g/mol. The highest BCUT2D eigenvalue weighted by atomic mass is 16.5. The second-order valence-electron chi connectivity index (χ2n) is 4.37. The third-order valence-corrected chi connectivity index (χ3v) is 3.11. The standard InChI is InChI=1S/C13H17NO3/c1-14(11-5-6-17-9-11)13(16)8-10-3-2-4-12(15)7-10/h2-4,7,11,15H,5-6,8-9H2,1H3. The average molecular weight is 235 g/mol. The molecule has 2 rings (SSSR count). The number of likely N-dealkylation sites (N-methyl/N-ethyl adjacent to an activating group) is 1. The molecule has 4 nitrogen and oxygen atoms in total. The predicted octanol–water partition coefficient (Wildman–Crippen LogP) is 1.18. The fourth-order valence-electron chi connectivity index (χ4n) is 2.00. The molecule has 0 saturated carbocycles. The Labute approximate surface area is 101 Å². The Balaban J connectivity index is 1.96. The molecule has 0 spiro atoms. The summed E-state index contributed by atoms with van der Waals surface area (Å²) < 4.78 is 5.26. The van der Waals surface area contributed by atoms with E-state index >= 15 is 0 Å². The van der Waals surface area contributed by atoms with Gasteiger partial charge in [-0.25, -0.2) is 0 Å². The van der Waals surface area contributed by atoms with E-state index in [0.717, 1.165) is 18.6 Å². The second-order valence-corrected chi connectivity index (χ2v) is 4.37. The van der Waals surface area contributed by atoms with E-state index in [4.69, 9.17) is 4.74 Å².